The number of hydrogen-bond donors (Lipinski definition) is 1. The number of aromatic nitrogens is 2. The first-order valence-electron chi connectivity index (χ1n) is 11.6. The molecule has 3 heterocycles. The van der Waals surface area contributed by atoms with Crippen LogP contribution in [0.4, 0.5) is 26.3 Å². The van der Waals surface area contributed by atoms with Crippen LogP contribution in [0.2, 0.25) is 0 Å². The summed E-state index contributed by atoms with van der Waals surface area (Å²) in [5, 5.41) is 7.06. The van der Waals surface area contributed by atoms with Crippen molar-refractivity contribution in [2.75, 3.05) is 39.6 Å². The van der Waals surface area contributed by atoms with Crippen molar-refractivity contribution in [1.29, 1.82) is 0 Å². The molecule has 38 heavy (non-hydrogen) atoms. The third-order valence-electron chi connectivity index (χ3n) is 5.48. The van der Waals surface area contributed by atoms with E-state index in [0.29, 0.717) is 30.2 Å². The van der Waals surface area contributed by atoms with Crippen molar-refractivity contribution < 1.29 is 54.8 Å². The zero-order chi connectivity index (χ0) is 27.3. The van der Waals surface area contributed by atoms with Gasteiger partial charge in [0.2, 0.25) is 5.88 Å². The number of fused-ring (bicyclic) bond motifs is 2. The number of amides is 1. The highest BCUT2D eigenvalue weighted by molar-refractivity contribution is 5.92. The van der Waals surface area contributed by atoms with E-state index in [0.717, 1.165) is 5.56 Å². The van der Waals surface area contributed by atoms with Crippen LogP contribution >= 0.6 is 0 Å². The van der Waals surface area contributed by atoms with Crippen LogP contribution in [0.5, 0.6) is 11.6 Å². The molecule has 0 saturated carbocycles. The van der Waals surface area contributed by atoms with Gasteiger partial charge in [0.1, 0.15) is 31.7 Å². The molecule has 2 atom stereocenters. The number of halogens is 6. The molecule has 1 N–H and O–H groups in total. The Morgan fingerprint density at radius 1 is 1.05 bits per heavy atom. The van der Waals surface area contributed by atoms with E-state index in [4.69, 9.17) is 18.9 Å². The van der Waals surface area contributed by atoms with E-state index in [-0.39, 0.29) is 44.8 Å². The number of carbonyl (C=O) groups excluding carboxylic acids is 1. The number of carbonyl (C=O) groups is 1. The van der Waals surface area contributed by atoms with E-state index in [9.17, 15) is 31.1 Å². The maximum atomic E-state index is 12.7. The molecule has 2 aromatic rings. The highest BCUT2D eigenvalue weighted by atomic mass is 19.4. The summed E-state index contributed by atoms with van der Waals surface area (Å²) in [6, 6.07) is 6.05. The summed E-state index contributed by atoms with van der Waals surface area (Å²) in [5.74, 6) is 0.488. The molecule has 0 aliphatic carbocycles. The summed E-state index contributed by atoms with van der Waals surface area (Å²) in [6.45, 7) is -2.50. The van der Waals surface area contributed by atoms with Gasteiger partial charge in [0.15, 0.2) is 5.69 Å². The predicted molar refractivity (Wildman–Crippen MR) is 117 cm³/mol. The average Bonchev–Trinajstić information content (AvgIpc) is 3.39. The molecule has 9 nitrogen and oxygen atoms in total. The summed E-state index contributed by atoms with van der Waals surface area (Å²) in [5.41, 5.74) is 1.41. The summed E-state index contributed by atoms with van der Waals surface area (Å²) < 4.78 is 100. The van der Waals surface area contributed by atoms with Gasteiger partial charge in [0, 0.05) is 6.07 Å². The first-order chi connectivity index (χ1) is 17.9. The Bertz CT molecular complexity index is 1080. The van der Waals surface area contributed by atoms with E-state index in [1.807, 2.05) is 0 Å². The molecule has 1 amide bonds. The van der Waals surface area contributed by atoms with Crippen molar-refractivity contribution in [1.82, 2.24) is 15.1 Å². The van der Waals surface area contributed by atoms with Crippen LogP contribution in [0.25, 0.3) is 0 Å². The first-order valence-corrected chi connectivity index (χ1v) is 11.6. The molecule has 210 valence electrons. The van der Waals surface area contributed by atoms with Gasteiger partial charge in [-0.15, -0.1) is 0 Å². The summed E-state index contributed by atoms with van der Waals surface area (Å²) in [4.78, 5) is 12.7. The lowest BCUT2D eigenvalue weighted by atomic mass is 10.0. The Kier molecular flexibility index (Phi) is 8.67. The van der Waals surface area contributed by atoms with Crippen LogP contribution in [-0.2, 0) is 33.8 Å². The molecule has 1 aromatic carbocycles. The lowest BCUT2D eigenvalue weighted by Gasteiger charge is -2.26. The maximum absolute atomic E-state index is 12.7. The zero-order valence-corrected chi connectivity index (χ0v) is 19.9. The highest BCUT2D eigenvalue weighted by Gasteiger charge is 2.30. The fraction of sp³-hybridized carbons (Fsp3) is 0.565. The Balaban J connectivity index is 1.20. The molecule has 2 aliphatic heterocycles. The van der Waals surface area contributed by atoms with Gasteiger partial charge in [-0.1, -0.05) is 6.07 Å². The summed E-state index contributed by atoms with van der Waals surface area (Å²) in [6.07, 6.45) is -8.79. The van der Waals surface area contributed by atoms with Crippen LogP contribution in [0.1, 0.15) is 21.6 Å². The minimum atomic E-state index is -4.41. The van der Waals surface area contributed by atoms with Crippen molar-refractivity contribution in [2.24, 2.45) is 0 Å². The van der Waals surface area contributed by atoms with Gasteiger partial charge in [-0.05, 0) is 29.7 Å². The number of nitrogens with one attached hydrogen (secondary N) is 1. The topological polar surface area (TPSA) is 93.1 Å². The Morgan fingerprint density at radius 2 is 1.79 bits per heavy atom. The van der Waals surface area contributed by atoms with Crippen molar-refractivity contribution in [3.05, 3.63) is 41.1 Å². The Labute approximate surface area is 212 Å². The normalized spacial score (nSPS) is 18.9. The van der Waals surface area contributed by atoms with Gasteiger partial charge < -0.3 is 29.0 Å². The number of rotatable bonds is 11. The highest BCUT2D eigenvalue weighted by Crippen LogP contribution is 2.27. The molecule has 0 spiro atoms. The van der Waals surface area contributed by atoms with Gasteiger partial charge in [-0.3, -0.25) is 4.79 Å². The second-order valence-electron chi connectivity index (χ2n) is 8.77. The number of nitrogens with zero attached hydrogens (tertiary/aromatic N) is 2. The average molecular weight is 553 g/mol. The second kappa shape index (κ2) is 11.8. The van der Waals surface area contributed by atoms with E-state index >= 15 is 0 Å². The van der Waals surface area contributed by atoms with E-state index < -0.39 is 37.6 Å². The largest absolute Gasteiger partial charge is 0.491 e. The fourth-order valence-electron chi connectivity index (χ4n) is 3.92. The van der Waals surface area contributed by atoms with Crippen LogP contribution in [-0.4, -0.2) is 79.8 Å². The molecule has 4 rings (SSSR count). The molecule has 2 aliphatic rings. The molecule has 0 saturated heterocycles. The predicted octanol–water partition coefficient (Wildman–Crippen LogP) is 3.05. The van der Waals surface area contributed by atoms with E-state index in [2.05, 4.69) is 15.2 Å². The third kappa shape index (κ3) is 8.23. The number of benzene rings is 1. The number of hydrogen-bond acceptors (Lipinski definition) is 7. The SMILES string of the molecule is O=C(N[C@H]1COc2ccc(COCC(F)(F)F)cc2C1)c1cc2n(n1)CC(COCCOCC(F)(F)F)O2. The lowest BCUT2D eigenvalue weighted by molar-refractivity contribution is -0.177. The lowest BCUT2D eigenvalue weighted by Crippen LogP contribution is -2.43. The zero-order valence-electron chi connectivity index (χ0n) is 19.9. The monoisotopic (exact) mass is 553 g/mol. The van der Waals surface area contributed by atoms with Crippen molar-refractivity contribution in [3.8, 4) is 11.6 Å². The van der Waals surface area contributed by atoms with Crippen molar-refractivity contribution >= 4 is 5.91 Å². The molecule has 1 unspecified atom stereocenters. The molecule has 0 bridgehead atoms. The third-order valence-corrected chi connectivity index (χ3v) is 5.48. The number of alkyl halides is 6. The second-order valence-corrected chi connectivity index (χ2v) is 8.77. The minimum absolute atomic E-state index is 0.0272. The maximum Gasteiger partial charge on any atom is 0.411 e. The van der Waals surface area contributed by atoms with E-state index in [1.54, 1.807) is 18.2 Å². The first kappa shape index (κ1) is 28.0. The van der Waals surface area contributed by atoms with Gasteiger partial charge in [-0.25, -0.2) is 4.68 Å². The van der Waals surface area contributed by atoms with Gasteiger partial charge >= 0.3 is 12.4 Å². The molecule has 15 heteroatoms. The molecular formula is C23H25F6N3O6. The fourth-order valence-corrected chi connectivity index (χ4v) is 3.92. The molecule has 1 aromatic heterocycles. The molecule has 0 radical (unpaired) electrons. The summed E-state index contributed by atoms with van der Waals surface area (Å²) in [7, 11) is 0. The number of ether oxygens (including phenoxy) is 5. The van der Waals surface area contributed by atoms with E-state index in [1.165, 1.54) is 10.7 Å². The van der Waals surface area contributed by atoms with Crippen LogP contribution < -0.4 is 14.8 Å². The van der Waals surface area contributed by atoms with Crippen LogP contribution in [0, 0.1) is 0 Å². The van der Waals surface area contributed by atoms with Crippen LogP contribution in [0.15, 0.2) is 24.3 Å². The quantitative estimate of drug-likeness (QED) is 0.338. The van der Waals surface area contributed by atoms with Gasteiger partial charge in [-0.2, -0.15) is 31.4 Å². The molecular weight excluding hydrogens is 528 g/mol. The van der Waals surface area contributed by atoms with Crippen LogP contribution in [0.3, 0.4) is 0 Å². The Hall–Kier alpha value is -3.04. The molecule has 0 fully saturated rings. The summed E-state index contributed by atoms with van der Waals surface area (Å²) >= 11 is 0. The standard InChI is InChI=1S/C23H25F6N3O6/c24-22(25,26)12-35-4-3-34-11-17-8-32-20(38-17)7-18(31-32)21(33)30-16-6-15-5-14(1-2-19(15)37-10-16)9-36-13-23(27,28)29/h1-2,5,7,16-17H,3-4,6,8-13H2,(H,30,33)/t16-,17?/m1/s1. The van der Waals surface area contributed by atoms with Crippen molar-refractivity contribution in [2.45, 2.75) is 44.1 Å². The smallest absolute Gasteiger partial charge is 0.411 e. The Morgan fingerprint density at radius 3 is 2.53 bits per heavy atom. The van der Waals surface area contributed by atoms with Gasteiger partial charge in [0.05, 0.1) is 39.0 Å². The van der Waals surface area contributed by atoms with Gasteiger partial charge in [0.25, 0.3) is 5.91 Å². The minimum Gasteiger partial charge on any atom is -0.491 e. The van der Waals surface area contributed by atoms with Crippen molar-refractivity contribution in [3.63, 3.8) is 0 Å².